The van der Waals surface area contributed by atoms with E-state index in [1.165, 1.54) is 16.8 Å². The van der Waals surface area contributed by atoms with Gasteiger partial charge in [0.05, 0.1) is 5.69 Å². The van der Waals surface area contributed by atoms with E-state index in [0.29, 0.717) is 48.4 Å². The van der Waals surface area contributed by atoms with E-state index in [0.717, 1.165) is 18.5 Å². The summed E-state index contributed by atoms with van der Waals surface area (Å²) in [6.07, 6.45) is 2.79. The van der Waals surface area contributed by atoms with Crippen molar-refractivity contribution in [2.45, 2.75) is 32.6 Å². The van der Waals surface area contributed by atoms with Crippen molar-refractivity contribution in [3.63, 3.8) is 0 Å². The first-order valence-electron chi connectivity index (χ1n) is 11.2. The average Bonchev–Trinajstić information content (AvgIpc) is 3.20. The first kappa shape index (κ1) is 21.8. The number of rotatable bonds is 4. The van der Waals surface area contributed by atoms with Crippen molar-refractivity contribution in [2.24, 2.45) is 5.73 Å². The summed E-state index contributed by atoms with van der Waals surface area (Å²) in [6.45, 7) is 2.76. The maximum Gasteiger partial charge on any atom is 0.277 e. The van der Waals surface area contributed by atoms with Gasteiger partial charge in [0, 0.05) is 36.4 Å². The third-order valence-corrected chi connectivity index (χ3v) is 6.32. The van der Waals surface area contributed by atoms with Crippen molar-refractivity contribution in [1.29, 1.82) is 0 Å². The van der Waals surface area contributed by atoms with Crippen molar-refractivity contribution in [3.05, 3.63) is 70.8 Å². The molecule has 3 heterocycles. The number of piperidine rings is 1. The summed E-state index contributed by atoms with van der Waals surface area (Å²) in [4.78, 5) is 41.2. The third-order valence-electron chi connectivity index (χ3n) is 6.32. The molecule has 0 spiro atoms. The van der Waals surface area contributed by atoms with Gasteiger partial charge in [-0.2, -0.15) is 5.10 Å². The summed E-state index contributed by atoms with van der Waals surface area (Å²) in [5.41, 5.74) is 8.67. The number of hydrogen-bond acceptors (Lipinski definition) is 4. The molecule has 0 aliphatic carbocycles. The Labute approximate surface area is 195 Å². The number of nitrogens with zero attached hydrogens (tertiary/aromatic N) is 4. The lowest BCUT2D eigenvalue weighted by Gasteiger charge is -2.29. The van der Waals surface area contributed by atoms with Crippen LogP contribution in [-0.2, 0) is 11.2 Å². The van der Waals surface area contributed by atoms with Crippen LogP contribution in [0.2, 0.25) is 0 Å². The highest BCUT2D eigenvalue weighted by atomic mass is 19.1. The second-order valence-electron chi connectivity index (χ2n) is 8.66. The molecule has 3 aromatic rings. The van der Waals surface area contributed by atoms with Crippen molar-refractivity contribution >= 4 is 29.1 Å². The van der Waals surface area contributed by atoms with Crippen LogP contribution in [0.5, 0.6) is 0 Å². The fraction of sp³-hybridized carbons (Fsp3) is 0.280. The minimum Gasteiger partial charge on any atom is -0.364 e. The van der Waals surface area contributed by atoms with Crippen LogP contribution in [0.4, 0.5) is 15.8 Å². The summed E-state index contributed by atoms with van der Waals surface area (Å²) in [5, 5.41) is 4.29. The molecule has 3 amide bonds. The number of carbonyl (C=O) groups excluding carboxylic acids is 3. The number of amides is 3. The Balaban J connectivity index is 1.52. The predicted molar refractivity (Wildman–Crippen MR) is 125 cm³/mol. The minimum atomic E-state index is -0.736. The molecule has 2 aromatic carbocycles. The highest BCUT2D eigenvalue weighted by Crippen LogP contribution is 2.31. The van der Waals surface area contributed by atoms with Crippen LogP contribution >= 0.6 is 0 Å². The Kier molecular flexibility index (Phi) is 5.39. The number of anilines is 2. The van der Waals surface area contributed by atoms with Gasteiger partial charge >= 0.3 is 0 Å². The van der Waals surface area contributed by atoms with Crippen molar-refractivity contribution in [1.82, 2.24) is 9.78 Å². The number of fused-ring (bicyclic) bond motifs is 1. The Bertz CT molecular complexity index is 1290. The molecule has 34 heavy (non-hydrogen) atoms. The number of aromatic nitrogens is 2. The molecule has 0 saturated carbocycles. The fourth-order valence-electron chi connectivity index (χ4n) is 4.72. The molecular formula is C25H24FN5O3. The second kappa shape index (κ2) is 8.40. The molecule has 0 bridgehead atoms. The normalized spacial score (nSPS) is 16.1. The first-order valence-corrected chi connectivity index (χ1v) is 11.2. The molecule has 0 atom stereocenters. The maximum absolute atomic E-state index is 14.1. The second-order valence-corrected chi connectivity index (χ2v) is 8.66. The molecule has 1 saturated heterocycles. The van der Waals surface area contributed by atoms with E-state index in [4.69, 9.17) is 5.73 Å². The zero-order chi connectivity index (χ0) is 24.0. The molecule has 0 unspecified atom stereocenters. The molecule has 2 aliphatic heterocycles. The van der Waals surface area contributed by atoms with Gasteiger partial charge in [0.1, 0.15) is 11.5 Å². The van der Waals surface area contributed by atoms with Gasteiger partial charge in [-0.1, -0.05) is 0 Å². The van der Waals surface area contributed by atoms with Crippen LogP contribution in [-0.4, -0.2) is 40.6 Å². The van der Waals surface area contributed by atoms with Crippen LogP contribution in [0.15, 0.2) is 42.5 Å². The van der Waals surface area contributed by atoms with Crippen molar-refractivity contribution in [3.8, 4) is 5.69 Å². The Morgan fingerprint density at radius 3 is 2.29 bits per heavy atom. The van der Waals surface area contributed by atoms with E-state index in [-0.39, 0.29) is 23.2 Å². The van der Waals surface area contributed by atoms with Gasteiger partial charge in [0.2, 0.25) is 5.91 Å². The van der Waals surface area contributed by atoms with E-state index < -0.39 is 11.7 Å². The monoisotopic (exact) mass is 461 g/mol. The first-order chi connectivity index (χ1) is 16.3. The summed E-state index contributed by atoms with van der Waals surface area (Å²) >= 11 is 0. The van der Waals surface area contributed by atoms with E-state index >= 15 is 0 Å². The smallest absolute Gasteiger partial charge is 0.277 e. The number of aryl methyl sites for hydroxylation is 1. The standard InChI is InChI=1S/C25H24FN5O3/c1-15-12-16(26)14-19(13-15)31-23-20(22(28-31)24(27)33)9-11-30(25(23)34)18-7-5-17(6-8-18)29-10-3-2-4-21(29)32/h5-8,12-14H,2-4,9-11H2,1H3,(H2,27,33). The quantitative estimate of drug-likeness (QED) is 0.645. The molecule has 174 valence electrons. The van der Waals surface area contributed by atoms with Crippen molar-refractivity contribution in [2.75, 3.05) is 22.9 Å². The summed E-state index contributed by atoms with van der Waals surface area (Å²) in [6, 6.07) is 11.6. The highest BCUT2D eigenvalue weighted by molar-refractivity contribution is 6.09. The molecule has 0 radical (unpaired) electrons. The number of primary amides is 1. The van der Waals surface area contributed by atoms with Gasteiger partial charge in [-0.25, -0.2) is 9.07 Å². The van der Waals surface area contributed by atoms with Gasteiger partial charge in [0.25, 0.3) is 11.8 Å². The zero-order valence-electron chi connectivity index (χ0n) is 18.8. The molecule has 1 aromatic heterocycles. The molecule has 2 N–H and O–H groups in total. The lowest BCUT2D eigenvalue weighted by atomic mass is 10.0. The third kappa shape index (κ3) is 3.72. The Morgan fingerprint density at radius 2 is 1.65 bits per heavy atom. The molecule has 5 rings (SSSR count). The van der Waals surface area contributed by atoms with Crippen molar-refractivity contribution < 1.29 is 18.8 Å². The lowest BCUT2D eigenvalue weighted by Crippen LogP contribution is -2.39. The van der Waals surface area contributed by atoms with Gasteiger partial charge in [0.15, 0.2) is 5.69 Å². The Morgan fingerprint density at radius 1 is 0.941 bits per heavy atom. The molecular weight excluding hydrogens is 437 g/mol. The number of hydrogen-bond donors (Lipinski definition) is 1. The van der Waals surface area contributed by atoms with Crippen LogP contribution in [0.3, 0.4) is 0 Å². The van der Waals surface area contributed by atoms with E-state index in [9.17, 15) is 18.8 Å². The van der Waals surface area contributed by atoms with E-state index in [1.54, 1.807) is 22.8 Å². The van der Waals surface area contributed by atoms with Gasteiger partial charge < -0.3 is 15.5 Å². The zero-order valence-corrected chi connectivity index (χ0v) is 18.8. The van der Waals surface area contributed by atoms with Crippen LogP contribution in [0.25, 0.3) is 5.69 Å². The van der Waals surface area contributed by atoms with E-state index in [2.05, 4.69) is 5.10 Å². The van der Waals surface area contributed by atoms with Crippen LogP contribution in [0.1, 0.15) is 51.4 Å². The van der Waals surface area contributed by atoms with Gasteiger partial charge in [-0.3, -0.25) is 14.4 Å². The fourth-order valence-corrected chi connectivity index (χ4v) is 4.72. The topological polar surface area (TPSA) is 102 Å². The summed E-state index contributed by atoms with van der Waals surface area (Å²) < 4.78 is 15.4. The molecule has 2 aliphatic rings. The van der Waals surface area contributed by atoms with Crippen LogP contribution in [0, 0.1) is 12.7 Å². The number of nitrogens with two attached hydrogens (primary N) is 1. The van der Waals surface area contributed by atoms with Gasteiger partial charge in [-0.15, -0.1) is 0 Å². The van der Waals surface area contributed by atoms with Gasteiger partial charge in [-0.05, 0) is 74.2 Å². The largest absolute Gasteiger partial charge is 0.364 e. The maximum atomic E-state index is 14.1. The lowest BCUT2D eigenvalue weighted by molar-refractivity contribution is -0.119. The number of benzene rings is 2. The molecule has 1 fully saturated rings. The SMILES string of the molecule is Cc1cc(F)cc(-n2nc(C(N)=O)c3c2C(=O)N(c2ccc(N4CCCCC4=O)cc2)CC3)c1. The van der Waals surface area contributed by atoms with Crippen LogP contribution < -0.4 is 15.5 Å². The highest BCUT2D eigenvalue weighted by Gasteiger charge is 2.34. The molecule has 9 heteroatoms. The average molecular weight is 461 g/mol. The summed E-state index contributed by atoms with van der Waals surface area (Å²) in [5.74, 6) is -1.46. The number of halogens is 1. The predicted octanol–water partition coefficient (Wildman–Crippen LogP) is 3.14. The summed E-state index contributed by atoms with van der Waals surface area (Å²) in [7, 11) is 0. The minimum absolute atomic E-state index is 0.0175. The number of carbonyl (C=O) groups is 3. The van der Waals surface area contributed by atoms with E-state index in [1.807, 2.05) is 24.3 Å². The Hall–Kier alpha value is -4.01. The molecule has 8 nitrogen and oxygen atoms in total.